The number of hydrogen-bond acceptors (Lipinski definition) is 7. The normalized spacial score (nSPS) is 16.4. The van der Waals surface area contributed by atoms with Gasteiger partial charge in [-0.25, -0.2) is 4.98 Å². The molecule has 0 unspecified atom stereocenters. The Morgan fingerprint density at radius 3 is 2.81 bits per heavy atom. The summed E-state index contributed by atoms with van der Waals surface area (Å²) in [5, 5.41) is 3.10. The summed E-state index contributed by atoms with van der Waals surface area (Å²) >= 11 is 1.17. The summed E-state index contributed by atoms with van der Waals surface area (Å²) in [5.74, 6) is -1.07. The second kappa shape index (κ2) is 10.0. The van der Waals surface area contributed by atoms with E-state index in [2.05, 4.69) is 10.3 Å². The Bertz CT molecular complexity index is 1040. The van der Waals surface area contributed by atoms with E-state index >= 15 is 0 Å². The molecule has 2 amide bonds. The first kappa shape index (κ1) is 22.9. The molecule has 0 radical (unpaired) electrons. The summed E-state index contributed by atoms with van der Waals surface area (Å²) in [7, 11) is 0. The van der Waals surface area contributed by atoms with Crippen molar-refractivity contribution in [2.75, 3.05) is 26.2 Å². The molecule has 0 saturated carbocycles. The number of aromatic nitrogens is 2. The largest absolute Gasteiger partial charge is 0.466 e. The van der Waals surface area contributed by atoms with Crippen molar-refractivity contribution in [3.8, 4) is 0 Å². The Kier molecular flexibility index (Phi) is 7.42. The quantitative estimate of drug-likeness (QED) is 0.646. The Balaban J connectivity index is 1.84. The van der Waals surface area contributed by atoms with Crippen LogP contribution in [0.2, 0.25) is 0 Å². The number of esters is 1. The third kappa shape index (κ3) is 4.95. The first-order valence-electron chi connectivity index (χ1n) is 10.6. The van der Waals surface area contributed by atoms with Crippen molar-refractivity contribution in [3.63, 3.8) is 0 Å². The summed E-state index contributed by atoms with van der Waals surface area (Å²) < 4.78 is 6.37. The zero-order chi connectivity index (χ0) is 22.5. The molecule has 3 rings (SSSR count). The second-order valence-corrected chi connectivity index (χ2v) is 8.61. The topological polar surface area (TPSA) is 111 Å². The van der Waals surface area contributed by atoms with Crippen molar-refractivity contribution < 1.29 is 19.1 Å². The van der Waals surface area contributed by atoms with Gasteiger partial charge in [-0.2, -0.15) is 0 Å². The van der Waals surface area contributed by atoms with Crippen LogP contribution in [0.5, 0.6) is 0 Å². The minimum atomic E-state index is -0.340. The summed E-state index contributed by atoms with van der Waals surface area (Å²) in [4.78, 5) is 57.1. The number of nitrogens with zero attached hydrogens (tertiary/aromatic N) is 3. The van der Waals surface area contributed by atoms with E-state index in [4.69, 9.17) is 4.74 Å². The van der Waals surface area contributed by atoms with Crippen LogP contribution in [0.3, 0.4) is 0 Å². The van der Waals surface area contributed by atoms with Gasteiger partial charge in [0.1, 0.15) is 11.4 Å². The molecule has 3 heterocycles. The van der Waals surface area contributed by atoms with E-state index in [-0.39, 0.29) is 35.8 Å². The molecule has 31 heavy (non-hydrogen) atoms. The van der Waals surface area contributed by atoms with Crippen molar-refractivity contribution >= 4 is 39.3 Å². The lowest BCUT2D eigenvalue weighted by Gasteiger charge is -2.31. The highest BCUT2D eigenvalue weighted by Gasteiger charge is 2.31. The molecule has 1 N–H and O–H groups in total. The molecule has 0 aromatic carbocycles. The number of hydrogen-bond donors (Lipinski definition) is 1. The highest BCUT2D eigenvalue weighted by atomic mass is 32.1. The number of amides is 2. The van der Waals surface area contributed by atoms with Crippen molar-refractivity contribution in [2.45, 2.75) is 46.6 Å². The number of thiophene rings is 1. The number of carbonyl (C=O) groups excluding carboxylic acids is 3. The standard InChI is InChI=1S/C21H28N4O5S/c1-4-8-22-15(26)11-25-12-23-18-16(19(25)27)13(3)17(31-18)20(28)24-9-6-7-14(10-24)21(29)30-5-2/h12,14H,4-11H2,1-3H3,(H,22,26)/t14-/m0/s1. The number of piperidine rings is 1. The predicted octanol–water partition coefficient (Wildman–Crippen LogP) is 1.71. The Hall–Kier alpha value is -2.75. The highest BCUT2D eigenvalue weighted by molar-refractivity contribution is 7.20. The molecule has 2 aromatic heterocycles. The maximum Gasteiger partial charge on any atom is 0.310 e. The fourth-order valence-electron chi connectivity index (χ4n) is 3.71. The van der Waals surface area contributed by atoms with E-state index in [0.29, 0.717) is 53.3 Å². The molecular weight excluding hydrogens is 420 g/mol. The average molecular weight is 449 g/mol. The molecule has 0 spiro atoms. The first-order valence-corrected chi connectivity index (χ1v) is 11.4. The van der Waals surface area contributed by atoms with E-state index in [1.54, 1.807) is 18.7 Å². The van der Waals surface area contributed by atoms with E-state index in [0.717, 1.165) is 12.8 Å². The molecule has 1 aliphatic rings. The number of nitrogens with one attached hydrogen (secondary N) is 1. The minimum Gasteiger partial charge on any atom is -0.466 e. The van der Waals surface area contributed by atoms with Gasteiger partial charge in [0.25, 0.3) is 11.5 Å². The van der Waals surface area contributed by atoms with Gasteiger partial charge in [-0.15, -0.1) is 11.3 Å². The van der Waals surface area contributed by atoms with Crippen LogP contribution >= 0.6 is 11.3 Å². The molecule has 0 bridgehead atoms. The maximum atomic E-state index is 13.2. The van der Waals surface area contributed by atoms with Crippen LogP contribution in [-0.2, 0) is 20.9 Å². The van der Waals surface area contributed by atoms with Gasteiger partial charge >= 0.3 is 5.97 Å². The van der Waals surface area contributed by atoms with Crippen LogP contribution in [0, 0.1) is 12.8 Å². The van der Waals surface area contributed by atoms with E-state index < -0.39 is 0 Å². The lowest BCUT2D eigenvalue weighted by molar-refractivity contribution is -0.149. The second-order valence-electron chi connectivity index (χ2n) is 7.61. The van der Waals surface area contributed by atoms with Crippen LogP contribution in [0.4, 0.5) is 0 Å². The van der Waals surface area contributed by atoms with Crippen LogP contribution < -0.4 is 10.9 Å². The number of carbonyl (C=O) groups is 3. The molecule has 1 saturated heterocycles. The number of rotatable bonds is 7. The molecule has 168 valence electrons. The monoisotopic (exact) mass is 448 g/mol. The van der Waals surface area contributed by atoms with Crippen LogP contribution in [-0.4, -0.2) is 58.5 Å². The van der Waals surface area contributed by atoms with Gasteiger partial charge in [0, 0.05) is 19.6 Å². The van der Waals surface area contributed by atoms with Gasteiger partial charge in [0.05, 0.1) is 29.1 Å². The summed E-state index contributed by atoms with van der Waals surface area (Å²) in [6.45, 7) is 7.03. The highest BCUT2D eigenvalue weighted by Crippen LogP contribution is 2.29. The fraction of sp³-hybridized carbons (Fsp3) is 0.571. The van der Waals surface area contributed by atoms with Crippen LogP contribution in [0.25, 0.3) is 10.2 Å². The summed E-state index contributed by atoms with van der Waals surface area (Å²) in [5.41, 5.74) is 0.219. The minimum absolute atomic E-state index is 0.117. The smallest absolute Gasteiger partial charge is 0.310 e. The van der Waals surface area contributed by atoms with Crippen molar-refractivity contribution in [1.29, 1.82) is 0 Å². The molecule has 0 aliphatic carbocycles. The average Bonchev–Trinajstić information content (AvgIpc) is 3.11. The third-order valence-corrected chi connectivity index (χ3v) is 6.51. The third-order valence-electron chi connectivity index (χ3n) is 5.33. The summed E-state index contributed by atoms with van der Waals surface area (Å²) in [6, 6.07) is 0. The van der Waals surface area contributed by atoms with Crippen LogP contribution in [0.1, 0.15) is 48.3 Å². The number of aryl methyl sites for hydroxylation is 1. The molecule has 9 nitrogen and oxygen atoms in total. The maximum absolute atomic E-state index is 13.2. The number of fused-ring (bicyclic) bond motifs is 1. The summed E-state index contributed by atoms with van der Waals surface area (Å²) in [6.07, 6.45) is 3.57. The van der Waals surface area contributed by atoms with Crippen molar-refractivity contribution in [3.05, 3.63) is 27.1 Å². The van der Waals surface area contributed by atoms with E-state index in [1.807, 2.05) is 6.92 Å². The molecule has 1 aliphatic heterocycles. The fourth-order valence-corrected chi connectivity index (χ4v) is 4.82. The van der Waals surface area contributed by atoms with Gasteiger partial charge in [0.15, 0.2) is 0 Å². The van der Waals surface area contributed by atoms with E-state index in [1.165, 1.54) is 22.2 Å². The molecule has 1 atom stereocenters. The van der Waals surface area contributed by atoms with E-state index in [9.17, 15) is 19.2 Å². The predicted molar refractivity (Wildman–Crippen MR) is 117 cm³/mol. The zero-order valence-electron chi connectivity index (χ0n) is 18.1. The Labute approximate surface area is 184 Å². The SMILES string of the molecule is CCCNC(=O)Cn1cnc2sc(C(=O)N3CCC[C@H](C(=O)OCC)C3)c(C)c2c1=O. The van der Waals surface area contributed by atoms with Crippen molar-refractivity contribution in [1.82, 2.24) is 19.8 Å². The van der Waals surface area contributed by atoms with Crippen molar-refractivity contribution in [2.24, 2.45) is 5.92 Å². The van der Waals surface area contributed by atoms with Gasteiger partial charge < -0.3 is 15.0 Å². The van der Waals surface area contributed by atoms with Gasteiger partial charge in [-0.05, 0) is 38.7 Å². The molecule has 10 heteroatoms. The lowest BCUT2D eigenvalue weighted by Crippen LogP contribution is -2.42. The molecule has 2 aromatic rings. The van der Waals surface area contributed by atoms with Gasteiger partial charge in [-0.3, -0.25) is 23.7 Å². The van der Waals surface area contributed by atoms with Crippen LogP contribution in [0.15, 0.2) is 11.1 Å². The van der Waals surface area contributed by atoms with Gasteiger partial charge in [-0.1, -0.05) is 6.92 Å². The van der Waals surface area contributed by atoms with Gasteiger partial charge in [0.2, 0.25) is 5.91 Å². The molecule has 1 fully saturated rings. The molecular formula is C21H28N4O5S. The number of ether oxygens (including phenoxy) is 1. The first-order chi connectivity index (χ1) is 14.9. The number of likely N-dealkylation sites (tertiary alicyclic amines) is 1. The Morgan fingerprint density at radius 2 is 2.10 bits per heavy atom. The Morgan fingerprint density at radius 1 is 1.32 bits per heavy atom. The zero-order valence-corrected chi connectivity index (χ0v) is 18.9. The lowest BCUT2D eigenvalue weighted by atomic mass is 9.98.